The van der Waals surface area contributed by atoms with Gasteiger partial charge < -0.3 is 5.11 Å². The zero-order valence-corrected chi connectivity index (χ0v) is 10.6. The Balaban J connectivity index is 2.09. The highest BCUT2D eigenvalue weighted by Crippen LogP contribution is 2.52. The molecule has 0 aromatic heterocycles. The maximum Gasteiger partial charge on any atom is 0.309 e. The molecule has 2 aliphatic rings. The number of carboxylic acid groups (broad SMARTS) is 1. The van der Waals surface area contributed by atoms with Crippen LogP contribution in [-0.2, 0) is 4.79 Å². The predicted molar refractivity (Wildman–Crippen MR) is 64.3 cm³/mol. The SMILES string of the molecule is CC1(C)CCC(C2(C(=O)O)CCCC2)CC1. The molecule has 0 aromatic carbocycles. The minimum Gasteiger partial charge on any atom is -0.481 e. The summed E-state index contributed by atoms with van der Waals surface area (Å²) in [4.78, 5) is 11.6. The van der Waals surface area contributed by atoms with Gasteiger partial charge in [-0.15, -0.1) is 0 Å². The van der Waals surface area contributed by atoms with E-state index >= 15 is 0 Å². The van der Waals surface area contributed by atoms with Gasteiger partial charge >= 0.3 is 5.97 Å². The van der Waals surface area contributed by atoms with E-state index < -0.39 is 5.97 Å². The molecule has 0 spiro atoms. The van der Waals surface area contributed by atoms with Crippen molar-refractivity contribution in [1.82, 2.24) is 0 Å². The van der Waals surface area contributed by atoms with E-state index in [1.165, 1.54) is 12.8 Å². The molecule has 0 unspecified atom stereocenters. The Hall–Kier alpha value is -0.530. The molecule has 0 radical (unpaired) electrons. The summed E-state index contributed by atoms with van der Waals surface area (Å²) in [7, 11) is 0. The summed E-state index contributed by atoms with van der Waals surface area (Å²) in [6.07, 6.45) is 8.73. The molecule has 16 heavy (non-hydrogen) atoms. The molecule has 0 aliphatic heterocycles. The largest absolute Gasteiger partial charge is 0.481 e. The Labute approximate surface area is 98.4 Å². The lowest BCUT2D eigenvalue weighted by atomic mass is 9.62. The number of rotatable bonds is 2. The van der Waals surface area contributed by atoms with E-state index in [-0.39, 0.29) is 5.41 Å². The maximum atomic E-state index is 11.6. The Bertz CT molecular complexity index is 264. The van der Waals surface area contributed by atoms with Crippen LogP contribution in [0.25, 0.3) is 0 Å². The highest BCUT2D eigenvalue weighted by atomic mass is 16.4. The summed E-state index contributed by atoms with van der Waals surface area (Å²) in [5, 5.41) is 9.55. The van der Waals surface area contributed by atoms with E-state index in [0.29, 0.717) is 11.3 Å². The monoisotopic (exact) mass is 224 g/mol. The fraction of sp³-hybridized carbons (Fsp3) is 0.929. The molecule has 0 amide bonds. The Morgan fingerprint density at radius 1 is 1.06 bits per heavy atom. The summed E-state index contributed by atoms with van der Waals surface area (Å²) < 4.78 is 0. The molecular weight excluding hydrogens is 200 g/mol. The smallest absolute Gasteiger partial charge is 0.309 e. The average molecular weight is 224 g/mol. The second kappa shape index (κ2) is 4.05. The first kappa shape index (κ1) is 11.9. The molecule has 2 fully saturated rings. The lowest BCUT2D eigenvalue weighted by Gasteiger charge is -2.41. The van der Waals surface area contributed by atoms with Gasteiger partial charge in [-0.3, -0.25) is 4.79 Å². The minimum atomic E-state index is -0.519. The van der Waals surface area contributed by atoms with Gasteiger partial charge in [0.1, 0.15) is 0 Å². The van der Waals surface area contributed by atoms with Crippen molar-refractivity contribution in [3.05, 3.63) is 0 Å². The molecule has 0 aromatic rings. The van der Waals surface area contributed by atoms with Gasteiger partial charge in [0.25, 0.3) is 0 Å². The van der Waals surface area contributed by atoms with Gasteiger partial charge in [0, 0.05) is 0 Å². The van der Waals surface area contributed by atoms with Crippen LogP contribution in [0.15, 0.2) is 0 Å². The van der Waals surface area contributed by atoms with Crippen LogP contribution in [0.5, 0.6) is 0 Å². The minimum absolute atomic E-state index is 0.351. The number of hydrogen-bond donors (Lipinski definition) is 1. The summed E-state index contributed by atoms with van der Waals surface area (Å²) in [6.45, 7) is 4.62. The van der Waals surface area contributed by atoms with E-state index in [9.17, 15) is 9.90 Å². The molecule has 2 aliphatic carbocycles. The van der Waals surface area contributed by atoms with E-state index in [0.717, 1.165) is 38.5 Å². The van der Waals surface area contributed by atoms with Gasteiger partial charge in [-0.05, 0) is 49.9 Å². The van der Waals surface area contributed by atoms with Crippen LogP contribution >= 0.6 is 0 Å². The number of carboxylic acids is 1. The van der Waals surface area contributed by atoms with Gasteiger partial charge in [0.15, 0.2) is 0 Å². The zero-order chi connectivity index (χ0) is 11.8. The van der Waals surface area contributed by atoms with Crippen LogP contribution in [0.2, 0.25) is 0 Å². The van der Waals surface area contributed by atoms with Gasteiger partial charge in [-0.1, -0.05) is 26.7 Å². The van der Waals surface area contributed by atoms with Crippen molar-refractivity contribution in [2.24, 2.45) is 16.7 Å². The highest BCUT2D eigenvalue weighted by molar-refractivity contribution is 5.75. The first-order chi connectivity index (χ1) is 7.46. The van der Waals surface area contributed by atoms with Gasteiger partial charge in [0.05, 0.1) is 5.41 Å². The highest BCUT2D eigenvalue weighted by Gasteiger charge is 2.49. The van der Waals surface area contributed by atoms with Crippen molar-refractivity contribution in [3.63, 3.8) is 0 Å². The zero-order valence-electron chi connectivity index (χ0n) is 10.6. The fourth-order valence-corrected chi connectivity index (χ4v) is 3.75. The van der Waals surface area contributed by atoms with Crippen LogP contribution < -0.4 is 0 Å². The molecule has 2 heteroatoms. The quantitative estimate of drug-likeness (QED) is 0.773. The van der Waals surface area contributed by atoms with Crippen LogP contribution in [0.3, 0.4) is 0 Å². The molecular formula is C14H24O2. The van der Waals surface area contributed by atoms with Crippen LogP contribution in [0.1, 0.15) is 65.2 Å². The maximum absolute atomic E-state index is 11.6. The third kappa shape index (κ3) is 1.99. The molecule has 0 heterocycles. The lowest BCUT2D eigenvalue weighted by Crippen LogP contribution is -2.39. The molecule has 2 nitrogen and oxygen atoms in total. The van der Waals surface area contributed by atoms with Gasteiger partial charge in [-0.2, -0.15) is 0 Å². The summed E-state index contributed by atoms with van der Waals surface area (Å²) in [5.41, 5.74) is 0.0886. The lowest BCUT2D eigenvalue weighted by molar-refractivity contribution is -0.153. The van der Waals surface area contributed by atoms with Crippen LogP contribution in [-0.4, -0.2) is 11.1 Å². The van der Waals surface area contributed by atoms with Crippen molar-refractivity contribution in [1.29, 1.82) is 0 Å². The third-order valence-electron chi connectivity index (χ3n) is 5.04. The third-order valence-corrected chi connectivity index (χ3v) is 5.04. The second-order valence-corrected chi connectivity index (χ2v) is 6.61. The van der Waals surface area contributed by atoms with E-state index in [4.69, 9.17) is 0 Å². The van der Waals surface area contributed by atoms with E-state index in [2.05, 4.69) is 13.8 Å². The Kier molecular flexibility index (Phi) is 3.02. The van der Waals surface area contributed by atoms with Crippen molar-refractivity contribution >= 4 is 5.97 Å². The summed E-state index contributed by atoms with van der Waals surface area (Å²) >= 11 is 0. The predicted octanol–water partition coefficient (Wildman–Crippen LogP) is 3.85. The van der Waals surface area contributed by atoms with Crippen molar-refractivity contribution < 1.29 is 9.90 Å². The molecule has 2 rings (SSSR count). The van der Waals surface area contributed by atoms with E-state index in [1.54, 1.807) is 0 Å². The van der Waals surface area contributed by atoms with Crippen LogP contribution in [0.4, 0.5) is 0 Å². The fourth-order valence-electron chi connectivity index (χ4n) is 3.75. The van der Waals surface area contributed by atoms with Gasteiger partial charge in [0.2, 0.25) is 0 Å². The number of hydrogen-bond acceptors (Lipinski definition) is 1. The van der Waals surface area contributed by atoms with Crippen LogP contribution in [0, 0.1) is 16.7 Å². The normalized spacial score (nSPS) is 29.1. The topological polar surface area (TPSA) is 37.3 Å². The first-order valence-corrected chi connectivity index (χ1v) is 6.70. The Morgan fingerprint density at radius 2 is 1.56 bits per heavy atom. The molecule has 2 saturated carbocycles. The van der Waals surface area contributed by atoms with Crippen molar-refractivity contribution in [3.8, 4) is 0 Å². The first-order valence-electron chi connectivity index (χ1n) is 6.70. The van der Waals surface area contributed by atoms with Crippen molar-refractivity contribution in [2.45, 2.75) is 65.2 Å². The number of carbonyl (C=O) groups is 1. The summed E-state index contributed by atoms with van der Waals surface area (Å²) in [5.74, 6) is -0.0739. The molecule has 0 bridgehead atoms. The number of aliphatic carboxylic acids is 1. The van der Waals surface area contributed by atoms with Crippen molar-refractivity contribution in [2.75, 3.05) is 0 Å². The molecule has 0 saturated heterocycles. The molecule has 0 atom stereocenters. The summed E-state index contributed by atoms with van der Waals surface area (Å²) in [6, 6.07) is 0. The van der Waals surface area contributed by atoms with Gasteiger partial charge in [-0.25, -0.2) is 0 Å². The molecule has 92 valence electrons. The Morgan fingerprint density at radius 3 is 2.00 bits per heavy atom. The second-order valence-electron chi connectivity index (χ2n) is 6.61. The van der Waals surface area contributed by atoms with E-state index in [1.807, 2.05) is 0 Å². The molecule has 1 N–H and O–H groups in total. The average Bonchev–Trinajstić information content (AvgIpc) is 2.67. The standard InChI is InChI=1S/C14H24O2/c1-13(2)9-5-11(6-10-13)14(12(15)16)7-3-4-8-14/h11H,3-10H2,1-2H3,(H,15,16).